The Bertz CT molecular complexity index is 1620. The average Bonchev–Trinajstić information content (AvgIpc) is 2.97. The van der Waals surface area contributed by atoms with E-state index in [1.54, 1.807) is 48.5 Å². The summed E-state index contributed by atoms with van der Waals surface area (Å²) < 4.78 is 18.9. The topological polar surface area (TPSA) is 80.6 Å². The smallest absolute Gasteiger partial charge is 0.266 e. The Morgan fingerprint density at radius 1 is 0.902 bits per heavy atom. The molecule has 0 saturated heterocycles. The molecule has 0 aliphatic rings. The number of nitriles is 1. The van der Waals surface area contributed by atoms with E-state index in [9.17, 15) is 10.1 Å². The molecular weight excluding hydrogens is 695 g/mol. The Labute approximate surface area is 264 Å². The molecule has 0 radical (unpaired) electrons. The van der Waals surface area contributed by atoms with E-state index in [0.29, 0.717) is 49.6 Å². The van der Waals surface area contributed by atoms with Gasteiger partial charge in [0, 0.05) is 10.2 Å². The van der Waals surface area contributed by atoms with Gasteiger partial charge in [-0.15, -0.1) is 0 Å². The molecule has 0 bridgehead atoms. The fourth-order valence-electron chi connectivity index (χ4n) is 3.64. The summed E-state index contributed by atoms with van der Waals surface area (Å²) in [6.07, 6.45) is 1.47. The van der Waals surface area contributed by atoms with Gasteiger partial charge >= 0.3 is 0 Å². The van der Waals surface area contributed by atoms with Crippen molar-refractivity contribution >= 4 is 72.7 Å². The molecule has 4 aromatic carbocycles. The molecule has 0 aromatic heterocycles. The minimum absolute atomic E-state index is 0.0843. The third kappa shape index (κ3) is 8.51. The first-order valence-corrected chi connectivity index (χ1v) is 14.4. The van der Waals surface area contributed by atoms with E-state index < -0.39 is 5.91 Å². The number of anilines is 1. The quantitative estimate of drug-likeness (QED) is 0.131. The SMILES string of the molecule is COc1cc(/C=C(\C#N)C(=O)Nc2ccc(OCc3ccc(Br)cc3)cc2)cc(Br)c1OCc1ccc(Cl)c(Cl)c1. The summed E-state index contributed by atoms with van der Waals surface area (Å²) in [6.45, 7) is 0.638. The standard InChI is InChI=1S/C31H22Br2Cl2N2O4/c1-39-29-15-21(13-26(33)30(29)41-18-20-4-11-27(34)28(35)14-20)12-22(16-36)31(38)37-24-7-9-25(10-8-24)40-17-19-2-5-23(32)6-3-19/h2-15H,17-18H2,1H3,(H,37,38)/b22-12+. The Kier molecular flexibility index (Phi) is 10.7. The molecule has 4 aromatic rings. The maximum absolute atomic E-state index is 12.9. The zero-order chi connectivity index (χ0) is 29.4. The van der Waals surface area contributed by atoms with Crippen LogP contribution in [0.5, 0.6) is 17.2 Å². The molecule has 1 amide bonds. The molecule has 0 atom stereocenters. The van der Waals surface area contributed by atoms with Crippen LogP contribution < -0.4 is 19.5 Å². The first-order valence-electron chi connectivity index (χ1n) is 12.1. The number of halogens is 4. The summed E-state index contributed by atoms with van der Waals surface area (Å²) in [5, 5.41) is 13.3. The van der Waals surface area contributed by atoms with E-state index in [4.69, 9.17) is 37.4 Å². The number of amides is 1. The summed E-state index contributed by atoms with van der Waals surface area (Å²) in [4.78, 5) is 12.9. The van der Waals surface area contributed by atoms with Gasteiger partial charge in [0.15, 0.2) is 11.5 Å². The Balaban J connectivity index is 1.41. The van der Waals surface area contributed by atoms with E-state index in [2.05, 4.69) is 37.2 Å². The van der Waals surface area contributed by atoms with Gasteiger partial charge in [-0.1, -0.05) is 57.3 Å². The van der Waals surface area contributed by atoms with Crippen LogP contribution in [-0.2, 0) is 18.0 Å². The van der Waals surface area contributed by atoms with Crippen LogP contribution in [0.15, 0.2) is 93.4 Å². The van der Waals surface area contributed by atoms with Gasteiger partial charge in [-0.2, -0.15) is 5.26 Å². The van der Waals surface area contributed by atoms with Crippen LogP contribution in [0, 0.1) is 11.3 Å². The van der Waals surface area contributed by atoms with E-state index in [1.807, 2.05) is 36.4 Å². The van der Waals surface area contributed by atoms with Crippen LogP contribution in [0.1, 0.15) is 16.7 Å². The molecule has 0 unspecified atom stereocenters. The number of hydrogen-bond acceptors (Lipinski definition) is 5. The molecule has 208 valence electrons. The summed E-state index contributed by atoms with van der Waals surface area (Å²) in [5.74, 6) is 0.981. The monoisotopic (exact) mass is 714 g/mol. The second-order valence-corrected chi connectivity index (χ2v) is 11.2. The Morgan fingerprint density at radius 3 is 2.24 bits per heavy atom. The van der Waals surface area contributed by atoms with E-state index in [0.717, 1.165) is 15.6 Å². The molecule has 0 aliphatic heterocycles. The van der Waals surface area contributed by atoms with Gasteiger partial charge in [0.25, 0.3) is 5.91 Å². The summed E-state index contributed by atoms with van der Waals surface area (Å²) in [6, 6.07) is 25.4. The predicted octanol–water partition coefficient (Wildman–Crippen LogP) is 9.23. The lowest BCUT2D eigenvalue weighted by atomic mass is 10.1. The van der Waals surface area contributed by atoms with Crippen molar-refractivity contribution in [1.29, 1.82) is 5.26 Å². The maximum Gasteiger partial charge on any atom is 0.266 e. The first kappa shape index (κ1) is 30.5. The van der Waals surface area contributed by atoms with Crippen molar-refractivity contribution in [2.45, 2.75) is 13.2 Å². The van der Waals surface area contributed by atoms with Crippen molar-refractivity contribution in [3.63, 3.8) is 0 Å². The summed E-state index contributed by atoms with van der Waals surface area (Å²) in [5.41, 5.74) is 2.86. The number of methoxy groups -OCH3 is 1. The zero-order valence-corrected chi connectivity index (χ0v) is 26.3. The molecule has 0 heterocycles. The highest BCUT2D eigenvalue weighted by Crippen LogP contribution is 2.38. The fraction of sp³-hybridized carbons (Fsp3) is 0.0968. The van der Waals surface area contributed by atoms with Crippen molar-refractivity contribution in [2.24, 2.45) is 0 Å². The Morgan fingerprint density at radius 2 is 1.59 bits per heavy atom. The number of carbonyl (C=O) groups is 1. The number of nitrogens with zero attached hydrogens (tertiary/aromatic N) is 1. The molecule has 4 rings (SSSR count). The summed E-state index contributed by atoms with van der Waals surface area (Å²) >= 11 is 19.0. The van der Waals surface area contributed by atoms with Crippen molar-refractivity contribution in [2.75, 3.05) is 12.4 Å². The predicted molar refractivity (Wildman–Crippen MR) is 169 cm³/mol. The number of ether oxygens (including phenoxy) is 3. The van der Waals surface area contributed by atoms with Crippen LogP contribution in [0.3, 0.4) is 0 Å². The molecular formula is C31H22Br2Cl2N2O4. The van der Waals surface area contributed by atoms with Crippen LogP contribution in [-0.4, -0.2) is 13.0 Å². The van der Waals surface area contributed by atoms with Crippen LogP contribution >= 0.6 is 55.1 Å². The molecule has 6 nitrogen and oxygen atoms in total. The fourth-order valence-corrected chi connectivity index (χ4v) is 4.80. The van der Waals surface area contributed by atoms with Crippen LogP contribution in [0.2, 0.25) is 10.0 Å². The molecule has 0 saturated carbocycles. The number of benzene rings is 4. The van der Waals surface area contributed by atoms with E-state index in [1.165, 1.54) is 13.2 Å². The third-order valence-electron chi connectivity index (χ3n) is 5.73. The highest BCUT2D eigenvalue weighted by atomic mass is 79.9. The highest BCUT2D eigenvalue weighted by molar-refractivity contribution is 9.10. The molecule has 41 heavy (non-hydrogen) atoms. The van der Waals surface area contributed by atoms with Gasteiger partial charge in [-0.25, -0.2) is 0 Å². The largest absolute Gasteiger partial charge is 0.493 e. The highest BCUT2D eigenvalue weighted by Gasteiger charge is 2.15. The normalized spacial score (nSPS) is 11.0. The maximum atomic E-state index is 12.9. The van der Waals surface area contributed by atoms with Crippen LogP contribution in [0.25, 0.3) is 6.08 Å². The third-order valence-corrected chi connectivity index (χ3v) is 7.58. The minimum atomic E-state index is -0.550. The molecule has 10 heteroatoms. The molecule has 1 N–H and O–H groups in total. The van der Waals surface area contributed by atoms with Crippen molar-refractivity contribution in [3.05, 3.63) is 120 Å². The zero-order valence-electron chi connectivity index (χ0n) is 21.6. The molecule has 0 spiro atoms. The lowest BCUT2D eigenvalue weighted by Crippen LogP contribution is -2.13. The van der Waals surface area contributed by atoms with Gasteiger partial charge in [0.2, 0.25) is 0 Å². The van der Waals surface area contributed by atoms with Gasteiger partial charge in [0.05, 0.1) is 21.6 Å². The first-order chi connectivity index (χ1) is 19.7. The second kappa shape index (κ2) is 14.4. The van der Waals surface area contributed by atoms with Gasteiger partial charge in [-0.05, 0) is 99.4 Å². The van der Waals surface area contributed by atoms with Crippen molar-refractivity contribution < 1.29 is 19.0 Å². The van der Waals surface area contributed by atoms with Gasteiger partial charge in [0.1, 0.15) is 30.6 Å². The number of rotatable bonds is 10. The second-order valence-electron chi connectivity index (χ2n) is 8.63. The minimum Gasteiger partial charge on any atom is -0.493 e. The number of nitrogens with one attached hydrogen (secondary N) is 1. The average molecular weight is 717 g/mol. The van der Waals surface area contributed by atoms with Gasteiger partial charge < -0.3 is 19.5 Å². The van der Waals surface area contributed by atoms with Crippen LogP contribution in [0.4, 0.5) is 5.69 Å². The summed E-state index contributed by atoms with van der Waals surface area (Å²) in [7, 11) is 1.51. The molecule has 0 fully saturated rings. The molecule has 0 aliphatic carbocycles. The van der Waals surface area contributed by atoms with E-state index in [-0.39, 0.29) is 12.2 Å². The number of hydrogen-bond donors (Lipinski definition) is 1. The number of carbonyl (C=O) groups excluding carboxylic acids is 1. The Hall–Kier alpha value is -3.48. The van der Waals surface area contributed by atoms with Gasteiger partial charge in [-0.3, -0.25) is 4.79 Å². The van der Waals surface area contributed by atoms with Crippen molar-refractivity contribution in [1.82, 2.24) is 0 Å². The van der Waals surface area contributed by atoms with Crippen molar-refractivity contribution in [3.8, 4) is 23.3 Å². The lowest BCUT2D eigenvalue weighted by Gasteiger charge is -2.14. The lowest BCUT2D eigenvalue weighted by molar-refractivity contribution is -0.112. The van der Waals surface area contributed by atoms with E-state index >= 15 is 0 Å².